The van der Waals surface area contributed by atoms with E-state index in [1.165, 1.54) is 25.9 Å². The second-order valence-corrected chi connectivity index (χ2v) is 3.92. The van der Waals surface area contributed by atoms with Gasteiger partial charge in [0.1, 0.15) is 12.1 Å². The molecule has 0 amide bonds. The monoisotopic (exact) mass is 161 g/mol. The highest BCUT2D eigenvalue weighted by atomic mass is 15.3. The van der Waals surface area contributed by atoms with Gasteiger partial charge in [0.05, 0.1) is 0 Å². The van der Waals surface area contributed by atoms with Crippen molar-refractivity contribution in [3.63, 3.8) is 0 Å². The highest BCUT2D eigenvalue weighted by Crippen LogP contribution is 2.53. The molecular weight excluding hydrogens is 150 g/mol. The summed E-state index contributed by atoms with van der Waals surface area (Å²) in [6, 6.07) is 1.98. The molecule has 3 nitrogen and oxygen atoms in total. The highest BCUT2D eigenvalue weighted by Gasteiger charge is 2.52. The summed E-state index contributed by atoms with van der Waals surface area (Å²) < 4.78 is 0. The maximum Gasteiger partial charge on any atom is 0.131 e. The lowest BCUT2D eigenvalue weighted by atomic mass is 9.97. The molecule has 0 aromatic carbocycles. The van der Waals surface area contributed by atoms with Crippen molar-refractivity contribution in [3.8, 4) is 0 Å². The zero-order valence-corrected chi connectivity index (χ0v) is 6.90. The van der Waals surface area contributed by atoms with Gasteiger partial charge in [-0.15, -0.1) is 0 Å². The van der Waals surface area contributed by atoms with Crippen molar-refractivity contribution in [2.45, 2.75) is 12.8 Å². The molecule has 1 saturated heterocycles. The molecule has 0 radical (unpaired) electrons. The molecule has 2 heterocycles. The number of rotatable bonds is 1. The number of anilines is 1. The lowest BCUT2D eigenvalue weighted by Crippen LogP contribution is -2.48. The standard InChI is InChI=1S/C9H11N3/c1-4-10-7-11-8(1)12-5-9(6-12)2-3-9/h1,4,7H,2-3,5-6H2. The first-order valence-corrected chi connectivity index (χ1v) is 4.39. The van der Waals surface area contributed by atoms with Crippen LogP contribution >= 0.6 is 0 Å². The van der Waals surface area contributed by atoms with Gasteiger partial charge in [0.15, 0.2) is 0 Å². The first-order valence-electron chi connectivity index (χ1n) is 4.39. The second-order valence-electron chi connectivity index (χ2n) is 3.92. The van der Waals surface area contributed by atoms with Crippen LogP contribution in [0.15, 0.2) is 18.6 Å². The topological polar surface area (TPSA) is 29.0 Å². The molecule has 62 valence electrons. The van der Waals surface area contributed by atoms with Crippen LogP contribution < -0.4 is 4.90 Å². The lowest BCUT2D eigenvalue weighted by molar-refractivity contribution is 0.384. The minimum absolute atomic E-state index is 0.713. The molecule has 0 N–H and O–H groups in total. The van der Waals surface area contributed by atoms with Gasteiger partial charge >= 0.3 is 0 Å². The van der Waals surface area contributed by atoms with E-state index in [4.69, 9.17) is 0 Å². The summed E-state index contributed by atoms with van der Waals surface area (Å²) in [5, 5.41) is 0. The smallest absolute Gasteiger partial charge is 0.131 e. The molecule has 2 fully saturated rings. The van der Waals surface area contributed by atoms with Crippen LogP contribution in [0, 0.1) is 5.41 Å². The average molecular weight is 161 g/mol. The van der Waals surface area contributed by atoms with E-state index in [0.717, 1.165) is 5.82 Å². The van der Waals surface area contributed by atoms with Crippen LogP contribution in [0.4, 0.5) is 5.82 Å². The Bertz CT molecular complexity index is 284. The number of nitrogens with zero attached hydrogens (tertiary/aromatic N) is 3. The van der Waals surface area contributed by atoms with Crippen LogP contribution in [0.3, 0.4) is 0 Å². The van der Waals surface area contributed by atoms with E-state index in [1.807, 2.05) is 6.07 Å². The van der Waals surface area contributed by atoms with Crippen molar-refractivity contribution in [2.75, 3.05) is 18.0 Å². The minimum Gasteiger partial charge on any atom is -0.355 e. The summed E-state index contributed by atoms with van der Waals surface area (Å²) in [7, 11) is 0. The third-order valence-corrected chi connectivity index (χ3v) is 2.90. The Hall–Kier alpha value is -1.12. The highest BCUT2D eigenvalue weighted by molar-refractivity contribution is 5.43. The predicted octanol–water partition coefficient (Wildman–Crippen LogP) is 1.08. The van der Waals surface area contributed by atoms with Gasteiger partial charge in [-0.2, -0.15) is 0 Å². The zero-order chi connectivity index (χ0) is 8.02. The van der Waals surface area contributed by atoms with Crippen molar-refractivity contribution in [1.82, 2.24) is 9.97 Å². The molecular formula is C9H11N3. The molecule has 0 bridgehead atoms. The van der Waals surface area contributed by atoms with Crippen LogP contribution in [0.2, 0.25) is 0 Å². The van der Waals surface area contributed by atoms with Gasteiger partial charge in [0, 0.05) is 24.7 Å². The quantitative estimate of drug-likeness (QED) is 0.617. The van der Waals surface area contributed by atoms with Crippen LogP contribution in [-0.4, -0.2) is 23.1 Å². The van der Waals surface area contributed by atoms with E-state index in [9.17, 15) is 0 Å². The van der Waals surface area contributed by atoms with Gasteiger partial charge < -0.3 is 4.90 Å². The maximum atomic E-state index is 4.21. The minimum atomic E-state index is 0.713. The molecule has 3 rings (SSSR count). The van der Waals surface area contributed by atoms with Gasteiger partial charge in [-0.25, -0.2) is 9.97 Å². The van der Waals surface area contributed by atoms with E-state index in [0.29, 0.717) is 5.41 Å². The number of aromatic nitrogens is 2. The van der Waals surface area contributed by atoms with Gasteiger partial charge in [-0.1, -0.05) is 0 Å². The molecule has 1 saturated carbocycles. The largest absolute Gasteiger partial charge is 0.355 e. The Balaban J connectivity index is 1.76. The first kappa shape index (κ1) is 6.40. The molecule has 12 heavy (non-hydrogen) atoms. The Kier molecular flexibility index (Phi) is 1.05. The van der Waals surface area contributed by atoms with E-state index in [-0.39, 0.29) is 0 Å². The van der Waals surface area contributed by atoms with Gasteiger partial charge in [0.2, 0.25) is 0 Å². The zero-order valence-electron chi connectivity index (χ0n) is 6.90. The Labute approximate surface area is 71.4 Å². The third-order valence-electron chi connectivity index (χ3n) is 2.90. The molecule has 0 unspecified atom stereocenters. The SMILES string of the molecule is c1cc(N2CC3(CC3)C2)ncn1. The summed E-state index contributed by atoms with van der Waals surface area (Å²) >= 11 is 0. The van der Waals surface area contributed by atoms with Crippen LogP contribution in [0.1, 0.15) is 12.8 Å². The average Bonchev–Trinajstić information content (AvgIpc) is 2.82. The molecule has 3 heteroatoms. The lowest BCUT2D eigenvalue weighted by Gasteiger charge is -2.40. The molecule has 0 atom stereocenters. The van der Waals surface area contributed by atoms with Crippen molar-refractivity contribution >= 4 is 5.82 Å². The maximum absolute atomic E-state index is 4.21. The summed E-state index contributed by atoms with van der Waals surface area (Å²) in [4.78, 5) is 10.4. The predicted molar refractivity (Wildman–Crippen MR) is 45.9 cm³/mol. The van der Waals surface area contributed by atoms with Gasteiger partial charge in [-0.05, 0) is 18.9 Å². The van der Waals surface area contributed by atoms with E-state index in [2.05, 4.69) is 14.9 Å². The molecule has 1 spiro atoms. The number of hydrogen-bond donors (Lipinski definition) is 0. The van der Waals surface area contributed by atoms with E-state index >= 15 is 0 Å². The number of hydrogen-bond acceptors (Lipinski definition) is 3. The second kappa shape index (κ2) is 1.97. The first-order chi connectivity index (χ1) is 5.88. The summed E-state index contributed by atoms with van der Waals surface area (Å²) in [5.74, 6) is 1.09. The molecule has 1 aromatic rings. The fraction of sp³-hybridized carbons (Fsp3) is 0.556. The summed E-state index contributed by atoms with van der Waals surface area (Å²) in [5.41, 5.74) is 0.713. The van der Waals surface area contributed by atoms with Crippen LogP contribution in [0.5, 0.6) is 0 Å². The van der Waals surface area contributed by atoms with Gasteiger partial charge in [-0.3, -0.25) is 0 Å². The van der Waals surface area contributed by atoms with Crippen molar-refractivity contribution < 1.29 is 0 Å². The van der Waals surface area contributed by atoms with Crippen LogP contribution in [-0.2, 0) is 0 Å². The van der Waals surface area contributed by atoms with E-state index < -0.39 is 0 Å². The van der Waals surface area contributed by atoms with Crippen molar-refractivity contribution in [3.05, 3.63) is 18.6 Å². The summed E-state index contributed by atoms with van der Waals surface area (Å²) in [6.45, 7) is 2.42. The Morgan fingerprint density at radius 1 is 1.33 bits per heavy atom. The molecule has 1 aliphatic heterocycles. The molecule has 2 aliphatic rings. The van der Waals surface area contributed by atoms with Crippen LogP contribution in [0.25, 0.3) is 0 Å². The third kappa shape index (κ3) is 0.823. The normalized spacial score (nSPS) is 23.8. The Morgan fingerprint density at radius 2 is 2.17 bits per heavy atom. The fourth-order valence-electron chi connectivity index (χ4n) is 1.89. The molecule has 1 aromatic heterocycles. The summed E-state index contributed by atoms with van der Waals surface area (Å²) in [6.07, 6.45) is 6.27. The van der Waals surface area contributed by atoms with Crippen molar-refractivity contribution in [1.29, 1.82) is 0 Å². The molecule has 1 aliphatic carbocycles. The fourth-order valence-corrected chi connectivity index (χ4v) is 1.89. The van der Waals surface area contributed by atoms with Gasteiger partial charge in [0.25, 0.3) is 0 Å². The van der Waals surface area contributed by atoms with Crippen molar-refractivity contribution in [2.24, 2.45) is 5.41 Å². The Morgan fingerprint density at radius 3 is 2.75 bits per heavy atom. The van der Waals surface area contributed by atoms with E-state index in [1.54, 1.807) is 12.5 Å².